The Morgan fingerprint density at radius 2 is 1.70 bits per heavy atom. The number of carbonyl (C=O) groups is 2. The van der Waals surface area contributed by atoms with Crippen molar-refractivity contribution in [3.8, 4) is 5.75 Å². The summed E-state index contributed by atoms with van der Waals surface area (Å²) in [6, 6.07) is 7.79. The first-order valence-electron chi connectivity index (χ1n) is 10.2. The van der Waals surface area contributed by atoms with Gasteiger partial charge in [-0.3, -0.25) is 9.59 Å². The minimum Gasteiger partial charge on any atom is -0.494 e. The van der Waals surface area contributed by atoms with Gasteiger partial charge < -0.3 is 20.3 Å². The van der Waals surface area contributed by atoms with Gasteiger partial charge in [-0.2, -0.15) is 0 Å². The second-order valence-corrected chi connectivity index (χ2v) is 7.54. The van der Waals surface area contributed by atoms with Crippen molar-refractivity contribution in [3.05, 3.63) is 24.3 Å². The van der Waals surface area contributed by atoms with Crippen LogP contribution in [0.25, 0.3) is 0 Å². The van der Waals surface area contributed by atoms with Crippen LogP contribution in [0, 0.1) is 5.92 Å². The van der Waals surface area contributed by atoms with Gasteiger partial charge >= 0.3 is 11.8 Å². The van der Waals surface area contributed by atoms with Gasteiger partial charge in [0.2, 0.25) is 0 Å². The summed E-state index contributed by atoms with van der Waals surface area (Å²) < 4.78 is 5.36. The predicted molar refractivity (Wildman–Crippen MR) is 106 cm³/mol. The molecule has 1 saturated heterocycles. The number of hydrogen-bond acceptors (Lipinski definition) is 4. The molecule has 0 unspecified atom stereocenters. The minimum absolute atomic E-state index is 0.463. The number of likely N-dealkylation sites (tertiary alicyclic amines) is 1. The largest absolute Gasteiger partial charge is 0.494 e. The first-order valence-corrected chi connectivity index (χ1v) is 10.2. The molecule has 1 aliphatic heterocycles. The lowest BCUT2D eigenvalue weighted by atomic mass is 9.95. The van der Waals surface area contributed by atoms with Gasteiger partial charge in [-0.25, -0.2) is 0 Å². The molecule has 0 atom stereocenters. The van der Waals surface area contributed by atoms with Crippen LogP contribution in [0.4, 0.5) is 5.69 Å². The highest BCUT2D eigenvalue weighted by atomic mass is 16.5. The molecule has 0 aromatic heterocycles. The van der Waals surface area contributed by atoms with E-state index in [2.05, 4.69) is 15.5 Å². The Morgan fingerprint density at radius 3 is 2.33 bits per heavy atom. The minimum atomic E-state index is -0.623. The molecule has 3 rings (SSSR count). The normalized spacial score (nSPS) is 19.0. The fraction of sp³-hybridized carbons (Fsp3) is 0.619. The predicted octanol–water partition coefficient (Wildman–Crippen LogP) is 2.79. The number of nitrogens with zero attached hydrogens (tertiary/aromatic N) is 1. The number of benzene rings is 1. The summed E-state index contributed by atoms with van der Waals surface area (Å²) in [6.07, 6.45) is 7.60. The van der Waals surface area contributed by atoms with Crippen LogP contribution in [0.15, 0.2) is 24.3 Å². The highest BCUT2D eigenvalue weighted by Crippen LogP contribution is 2.27. The molecule has 1 aliphatic carbocycles. The Bertz CT molecular complexity index is 618. The zero-order chi connectivity index (χ0) is 19.1. The van der Waals surface area contributed by atoms with Gasteiger partial charge in [0.1, 0.15) is 5.75 Å². The molecule has 2 N–H and O–H groups in total. The molecule has 0 bridgehead atoms. The van der Waals surface area contributed by atoms with Crippen molar-refractivity contribution >= 4 is 17.5 Å². The first-order chi connectivity index (χ1) is 13.2. The number of piperidine rings is 1. The molecule has 2 amide bonds. The quantitative estimate of drug-likeness (QED) is 0.752. The molecule has 1 aromatic carbocycles. The third-order valence-electron chi connectivity index (χ3n) is 5.67. The Hall–Kier alpha value is -2.08. The Morgan fingerprint density at radius 1 is 1.04 bits per heavy atom. The van der Waals surface area contributed by atoms with Gasteiger partial charge in [0.25, 0.3) is 0 Å². The van der Waals surface area contributed by atoms with Crippen molar-refractivity contribution in [1.29, 1.82) is 0 Å². The maximum absolute atomic E-state index is 12.1. The molecule has 27 heavy (non-hydrogen) atoms. The monoisotopic (exact) mass is 373 g/mol. The van der Waals surface area contributed by atoms with Crippen LogP contribution in [0.3, 0.4) is 0 Å². The lowest BCUT2D eigenvalue weighted by Crippen LogP contribution is -2.44. The van der Waals surface area contributed by atoms with Crippen molar-refractivity contribution in [2.75, 3.05) is 31.6 Å². The molecule has 2 aliphatic rings. The molecule has 6 nitrogen and oxygen atoms in total. The molecule has 1 saturated carbocycles. The van der Waals surface area contributed by atoms with Gasteiger partial charge in [0.15, 0.2) is 0 Å². The Balaban J connectivity index is 1.36. The summed E-state index contributed by atoms with van der Waals surface area (Å²) in [5, 5.41) is 5.42. The van der Waals surface area contributed by atoms with E-state index >= 15 is 0 Å². The molecule has 0 spiro atoms. The number of ether oxygens (including phenoxy) is 1. The lowest BCUT2D eigenvalue weighted by Gasteiger charge is -2.36. The maximum Gasteiger partial charge on any atom is 0.313 e. The van der Waals surface area contributed by atoms with E-state index in [0.717, 1.165) is 37.7 Å². The third kappa shape index (κ3) is 5.70. The fourth-order valence-electron chi connectivity index (χ4n) is 4.10. The summed E-state index contributed by atoms with van der Waals surface area (Å²) >= 11 is 0. The average molecular weight is 373 g/mol. The van der Waals surface area contributed by atoms with Crippen molar-refractivity contribution in [1.82, 2.24) is 10.2 Å². The van der Waals surface area contributed by atoms with E-state index in [-0.39, 0.29) is 0 Å². The van der Waals surface area contributed by atoms with Crippen molar-refractivity contribution in [2.45, 2.75) is 51.5 Å². The highest BCUT2D eigenvalue weighted by molar-refractivity contribution is 6.39. The highest BCUT2D eigenvalue weighted by Gasteiger charge is 2.27. The maximum atomic E-state index is 12.1. The number of hydrogen-bond donors (Lipinski definition) is 2. The van der Waals surface area contributed by atoms with Crippen LogP contribution in [-0.2, 0) is 9.59 Å². The van der Waals surface area contributed by atoms with E-state index < -0.39 is 11.8 Å². The zero-order valence-corrected chi connectivity index (χ0v) is 16.2. The van der Waals surface area contributed by atoms with Gasteiger partial charge in [-0.1, -0.05) is 12.8 Å². The van der Waals surface area contributed by atoms with Crippen LogP contribution in [-0.4, -0.2) is 49.0 Å². The Labute approximate surface area is 161 Å². The second-order valence-electron chi connectivity index (χ2n) is 7.54. The van der Waals surface area contributed by atoms with Crippen molar-refractivity contribution in [3.63, 3.8) is 0 Å². The van der Waals surface area contributed by atoms with E-state index in [1.807, 2.05) is 6.92 Å². The van der Waals surface area contributed by atoms with Crippen LogP contribution in [0.2, 0.25) is 0 Å². The van der Waals surface area contributed by atoms with Gasteiger partial charge in [0.05, 0.1) is 6.61 Å². The smallest absolute Gasteiger partial charge is 0.313 e. The SMILES string of the molecule is CCOc1ccc(NC(=O)C(=O)NCC2CCN(C3CCCC3)CC2)cc1. The zero-order valence-electron chi connectivity index (χ0n) is 16.2. The number of carbonyl (C=O) groups excluding carboxylic acids is 2. The summed E-state index contributed by atoms with van der Waals surface area (Å²) in [4.78, 5) is 26.7. The van der Waals surface area contributed by atoms with Crippen molar-refractivity contribution in [2.24, 2.45) is 5.92 Å². The fourth-order valence-corrected chi connectivity index (χ4v) is 4.10. The molecule has 0 radical (unpaired) electrons. The molecule has 1 aromatic rings. The van der Waals surface area contributed by atoms with E-state index in [0.29, 0.717) is 24.8 Å². The van der Waals surface area contributed by atoms with Crippen molar-refractivity contribution < 1.29 is 14.3 Å². The number of anilines is 1. The van der Waals surface area contributed by atoms with Crippen LogP contribution in [0.1, 0.15) is 45.4 Å². The molecular weight excluding hydrogens is 342 g/mol. The summed E-state index contributed by atoms with van der Waals surface area (Å²) in [7, 11) is 0. The molecule has 2 fully saturated rings. The summed E-state index contributed by atoms with van der Waals surface area (Å²) in [5.41, 5.74) is 0.587. The van der Waals surface area contributed by atoms with E-state index in [1.165, 1.54) is 25.7 Å². The van der Waals surface area contributed by atoms with Gasteiger partial charge in [-0.15, -0.1) is 0 Å². The van der Waals surface area contributed by atoms with Crippen LogP contribution < -0.4 is 15.4 Å². The van der Waals surface area contributed by atoms with E-state index in [9.17, 15) is 9.59 Å². The van der Waals surface area contributed by atoms with Gasteiger partial charge in [0, 0.05) is 18.3 Å². The van der Waals surface area contributed by atoms with Gasteiger partial charge in [-0.05, 0) is 75.9 Å². The van der Waals surface area contributed by atoms with E-state index in [1.54, 1.807) is 24.3 Å². The van der Waals surface area contributed by atoms with Crippen LogP contribution >= 0.6 is 0 Å². The number of nitrogens with one attached hydrogen (secondary N) is 2. The average Bonchev–Trinajstić information content (AvgIpc) is 3.23. The third-order valence-corrected chi connectivity index (χ3v) is 5.67. The number of amides is 2. The molecule has 148 valence electrons. The lowest BCUT2D eigenvalue weighted by molar-refractivity contribution is -0.136. The molecule has 1 heterocycles. The first kappa shape index (κ1) is 19.7. The topological polar surface area (TPSA) is 70.7 Å². The molecular formula is C21H31N3O3. The summed E-state index contributed by atoms with van der Waals surface area (Å²) in [6.45, 7) is 5.31. The summed E-state index contributed by atoms with van der Waals surface area (Å²) in [5.74, 6) is 0.0124. The van der Waals surface area contributed by atoms with Crippen LogP contribution in [0.5, 0.6) is 5.75 Å². The molecule has 6 heteroatoms. The Kier molecular flexibility index (Phi) is 7.10. The second kappa shape index (κ2) is 9.74. The number of rotatable bonds is 6. The van der Waals surface area contributed by atoms with E-state index in [4.69, 9.17) is 4.74 Å². The standard InChI is InChI=1S/C21H31N3O3/c1-2-27-19-9-7-17(8-10-19)23-21(26)20(25)22-15-16-11-13-24(14-12-16)18-5-3-4-6-18/h7-10,16,18H,2-6,11-15H2,1H3,(H,22,25)(H,23,26).